The number of halogens is 5. The van der Waals surface area contributed by atoms with E-state index >= 15 is 0 Å². The molecule has 1 saturated carbocycles. The standard InChI is InChI=1S/C27H25ClF4/c1-16-2-8-19(9-3-16)20-10-6-17(7-11-20)4-5-18-12-22(29)26(23(30)13-18)21-14-24(31)27(28)25(32)15-21/h2-3,8-9,12-15,17,20H,4-7,10-11H2,1H3/t17-,20-. The summed E-state index contributed by atoms with van der Waals surface area (Å²) < 4.78 is 56.8. The second-order valence-corrected chi connectivity index (χ2v) is 9.23. The molecule has 1 fully saturated rings. The summed E-state index contributed by atoms with van der Waals surface area (Å²) in [7, 11) is 0. The van der Waals surface area contributed by atoms with Gasteiger partial charge in [-0.3, -0.25) is 0 Å². The minimum atomic E-state index is -1.05. The average Bonchev–Trinajstić information content (AvgIpc) is 2.76. The Morgan fingerprint density at radius 2 is 1.34 bits per heavy atom. The van der Waals surface area contributed by atoms with Gasteiger partial charge in [-0.2, -0.15) is 0 Å². The Bertz CT molecular complexity index is 1050. The minimum Gasteiger partial charge on any atom is -0.206 e. The topological polar surface area (TPSA) is 0 Å². The van der Waals surface area contributed by atoms with E-state index in [1.165, 1.54) is 23.3 Å². The van der Waals surface area contributed by atoms with Crippen LogP contribution in [-0.4, -0.2) is 0 Å². The molecule has 3 aromatic rings. The Labute approximate surface area is 191 Å². The van der Waals surface area contributed by atoms with Crippen LogP contribution in [0.15, 0.2) is 48.5 Å². The zero-order valence-electron chi connectivity index (χ0n) is 17.9. The molecule has 0 saturated heterocycles. The molecule has 0 heterocycles. The lowest BCUT2D eigenvalue weighted by Crippen LogP contribution is -2.14. The summed E-state index contributed by atoms with van der Waals surface area (Å²) in [5.41, 5.74) is 2.56. The molecule has 32 heavy (non-hydrogen) atoms. The first-order valence-corrected chi connectivity index (χ1v) is 11.4. The van der Waals surface area contributed by atoms with Crippen molar-refractivity contribution in [3.8, 4) is 11.1 Å². The molecule has 3 aromatic carbocycles. The van der Waals surface area contributed by atoms with Crippen molar-refractivity contribution in [2.45, 2.75) is 51.4 Å². The van der Waals surface area contributed by atoms with Crippen LogP contribution < -0.4 is 0 Å². The molecule has 4 rings (SSSR count). The first-order chi connectivity index (χ1) is 15.3. The molecule has 0 atom stereocenters. The van der Waals surface area contributed by atoms with Gasteiger partial charge in [0.05, 0.1) is 5.56 Å². The van der Waals surface area contributed by atoms with Gasteiger partial charge in [0, 0.05) is 0 Å². The van der Waals surface area contributed by atoms with E-state index in [-0.39, 0.29) is 5.56 Å². The van der Waals surface area contributed by atoms with Gasteiger partial charge in [-0.05, 0) is 98.2 Å². The van der Waals surface area contributed by atoms with E-state index in [2.05, 4.69) is 31.2 Å². The Kier molecular flexibility index (Phi) is 6.90. The molecule has 1 aliphatic rings. The van der Waals surface area contributed by atoms with Crippen molar-refractivity contribution in [1.29, 1.82) is 0 Å². The average molecular weight is 461 g/mol. The summed E-state index contributed by atoms with van der Waals surface area (Å²) in [5, 5.41) is -0.691. The molecule has 0 aromatic heterocycles. The zero-order valence-corrected chi connectivity index (χ0v) is 18.7. The third kappa shape index (κ3) is 5.01. The van der Waals surface area contributed by atoms with Crippen molar-refractivity contribution in [2.75, 3.05) is 0 Å². The second-order valence-electron chi connectivity index (χ2n) is 8.86. The fraction of sp³-hybridized carbons (Fsp3) is 0.333. The van der Waals surface area contributed by atoms with E-state index in [1.54, 1.807) is 0 Å². The monoisotopic (exact) mass is 460 g/mol. The smallest absolute Gasteiger partial charge is 0.145 e. The Hall–Kier alpha value is -2.33. The van der Waals surface area contributed by atoms with Crippen LogP contribution in [0.4, 0.5) is 17.6 Å². The van der Waals surface area contributed by atoms with Crippen molar-refractivity contribution in [3.05, 3.63) is 93.5 Å². The van der Waals surface area contributed by atoms with E-state index in [4.69, 9.17) is 11.6 Å². The van der Waals surface area contributed by atoms with Crippen molar-refractivity contribution < 1.29 is 17.6 Å². The molecule has 0 amide bonds. The van der Waals surface area contributed by atoms with Crippen LogP contribution >= 0.6 is 11.6 Å². The highest BCUT2D eigenvalue weighted by atomic mass is 35.5. The van der Waals surface area contributed by atoms with Gasteiger partial charge in [0.1, 0.15) is 28.3 Å². The first-order valence-electron chi connectivity index (χ1n) is 11.0. The zero-order chi connectivity index (χ0) is 22.8. The fourth-order valence-electron chi connectivity index (χ4n) is 4.74. The van der Waals surface area contributed by atoms with Gasteiger partial charge in [-0.25, -0.2) is 17.6 Å². The predicted molar refractivity (Wildman–Crippen MR) is 121 cm³/mol. The van der Waals surface area contributed by atoms with Crippen LogP contribution in [0.25, 0.3) is 11.1 Å². The highest BCUT2D eigenvalue weighted by molar-refractivity contribution is 6.31. The first kappa shape index (κ1) is 22.8. The van der Waals surface area contributed by atoms with Gasteiger partial charge < -0.3 is 0 Å². The van der Waals surface area contributed by atoms with Crippen LogP contribution in [0.3, 0.4) is 0 Å². The third-order valence-corrected chi connectivity index (χ3v) is 6.97. The summed E-state index contributed by atoms with van der Waals surface area (Å²) in [5.74, 6) is -2.65. The van der Waals surface area contributed by atoms with Gasteiger partial charge in [-0.1, -0.05) is 41.4 Å². The number of hydrogen-bond donors (Lipinski definition) is 0. The molecule has 168 valence electrons. The maximum Gasteiger partial charge on any atom is 0.145 e. The van der Waals surface area contributed by atoms with Gasteiger partial charge in [0.15, 0.2) is 0 Å². The molecule has 0 N–H and O–H groups in total. The van der Waals surface area contributed by atoms with Gasteiger partial charge in [-0.15, -0.1) is 0 Å². The highest BCUT2D eigenvalue weighted by Gasteiger charge is 2.23. The minimum absolute atomic E-state index is 0.208. The summed E-state index contributed by atoms with van der Waals surface area (Å²) in [6.07, 6.45) is 5.89. The van der Waals surface area contributed by atoms with Crippen LogP contribution in [0.1, 0.15) is 54.7 Å². The Balaban J connectivity index is 1.39. The normalized spacial score (nSPS) is 18.7. The molecule has 0 spiro atoms. The lowest BCUT2D eigenvalue weighted by atomic mass is 9.77. The SMILES string of the molecule is Cc1ccc([C@H]2CC[C@H](CCc3cc(F)c(-c4cc(F)c(Cl)c(F)c4)c(F)c3)CC2)cc1. The number of hydrogen-bond acceptors (Lipinski definition) is 0. The third-order valence-electron chi connectivity index (χ3n) is 6.61. The number of aryl methyl sites for hydroxylation is 2. The lowest BCUT2D eigenvalue weighted by Gasteiger charge is -2.29. The molecule has 0 unspecified atom stereocenters. The highest BCUT2D eigenvalue weighted by Crippen LogP contribution is 2.38. The quantitative estimate of drug-likeness (QED) is 0.263. The summed E-state index contributed by atoms with van der Waals surface area (Å²) >= 11 is 5.47. The largest absolute Gasteiger partial charge is 0.206 e. The summed E-state index contributed by atoms with van der Waals surface area (Å²) in [6.45, 7) is 2.09. The molecular weight excluding hydrogens is 436 g/mol. The lowest BCUT2D eigenvalue weighted by molar-refractivity contribution is 0.310. The van der Waals surface area contributed by atoms with Crippen molar-refractivity contribution >= 4 is 11.6 Å². The Morgan fingerprint density at radius 1 is 0.781 bits per heavy atom. The van der Waals surface area contributed by atoms with E-state index < -0.39 is 33.9 Å². The number of benzene rings is 3. The van der Waals surface area contributed by atoms with E-state index in [1.807, 2.05) is 0 Å². The Morgan fingerprint density at radius 3 is 1.91 bits per heavy atom. The van der Waals surface area contributed by atoms with E-state index in [0.29, 0.717) is 23.8 Å². The van der Waals surface area contributed by atoms with Crippen LogP contribution in [0.2, 0.25) is 5.02 Å². The molecule has 5 heteroatoms. The van der Waals surface area contributed by atoms with Gasteiger partial charge in [0.25, 0.3) is 0 Å². The van der Waals surface area contributed by atoms with Gasteiger partial charge >= 0.3 is 0 Å². The van der Waals surface area contributed by atoms with Crippen LogP contribution in [-0.2, 0) is 6.42 Å². The second kappa shape index (κ2) is 9.66. The fourth-order valence-corrected chi connectivity index (χ4v) is 4.85. The molecule has 0 nitrogen and oxygen atoms in total. The summed E-state index contributed by atoms with van der Waals surface area (Å²) in [6, 6.07) is 13.0. The molecular formula is C27H25ClF4. The summed E-state index contributed by atoms with van der Waals surface area (Å²) in [4.78, 5) is 0. The van der Waals surface area contributed by atoms with E-state index in [0.717, 1.165) is 44.2 Å². The molecule has 0 bridgehead atoms. The van der Waals surface area contributed by atoms with Crippen LogP contribution in [0.5, 0.6) is 0 Å². The van der Waals surface area contributed by atoms with Gasteiger partial charge in [0.2, 0.25) is 0 Å². The maximum absolute atomic E-state index is 14.7. The van der Waals surface area contributed by atoms with Crippen LogP contribution in [0, 0.1) is 36.1 Å². The van der Waals surface area contributed by atoms with E-state index in [9.17, 15) is 17.6 Å². The molecule has 0 radical (unpaired) electrons. The van der Waals surface area contributed by atoms with Crippen molar-refractivity contribution in [3.63, 3.8) is 0 Å². The maximum atomic E-state index is 14.7. The molecule has 0 aliphatic heterocycles. The van der Waals surface area contributed by atoms with Crippen molar-refractivity contribution in [1.82, 2.24) is 0 Å². The predicted octanol–water partition coefficient (Wildman–Crippen LogP) is 8.78. The molecule has 1 aliphatic carbocycles. The number of rotatable bonds is 5. The van der Waals surface area contributed by atoms with Crippen molar-refractivity contribution in [2.24, 2.45) is 5.92 Å².